The number of nitrogens with zero attached hydrogens (tertiary/aromatic N) is 2. The summed E-state index contributed by atoms with van der Waals surface area (Å²) in [5, 5.41) is 3.05. The van der Waals surface area contributed by atoms with Crippen LogP contribution in [0.2, 0.25) is 0 Å². The Morgan fingerprint density at radius 2 is 1.55 bits per heavy atom. The van der Waals surface area contributed by atoms with Crippen LogP contribution in [0, 0.1) is 0 Å². The lowest BCUT2D eigenvalue weighted by atomic mass is 10.1. The van der Waals surface area contributed by atoms with Gasteiger partial charge in [0.15, 0.2) is 6.67 Å². The third kappa shape index (κ3) is 7.95. The fraction of sp³-hybridized carbons (Fsp3) is 0.692. The van der Waals surface area contributed by atoms with E-state index < -0.39 is 0 Å². The number of quaternary nitrogens is 1. The van der Waals surface area contributed by atoms with E-state index in [0.29, 0.717) is 12.8 Å². The molecule has 1 aromatic carbocycles. The summed E-state index contributed by atoms with van der Waals surface area (Å²) in [6.07, 6.45) is 12.2. The van der Waals surface area contributed by atoms with Crippen molar-refractivity contribution in [2.75, 3.05) is 31.6 Å². The van der Waals surface area contributed by atoms with Gasteiger partial charge in [0.1, 0.15) is 5.69 Å². The van der Waals surface area contributed by atoms with E-state index in [4.69, 9.17) is 0 Å². The van der Waals surface area contributed by atoms with Gasteiger partial charge in [0.2, 0.25) is 11.8 Å². The number of nitrogens with one attached hydrogen (secondary N) is 1. The molecule has 0 aliphatic carbocycles. The Morgan fingerprint density at radius 1 is 0.935 bits per heavy atom. The normalized spacial score (nSPS) is 14.3. The Hall–Kier alpha value is -1.88. The number of hydrogen-bond donors (Lipinski definition) is 1. The molecule has 2 amide bonds. The van der Waals surface area contributed by atoms with Crippen LogP contribution in [0.3, 0.4) is 0 Å². The molecule has 0 bridgehead atoms. The lowest BCUT2D eigenvalue weighted by Gasteiger charge is -2.39. The van der Waals surface area contributed by atoms with Gasteiger partial charge in [-0.05, 0) is 38.8 Å². The number of anilines is 1. The maximum atomic E-state index is 12.3. The first-order valence-corrected chi connectivity index (χ1v) is 12.6. The highest BCUT2D eigenvalue weighted by Crippen LogP contribution is 2.27. The van der Waals surface area contributed by atoms with Gasteiger partial charge in [-0.1, -0.05) is 51.9 Å². The number of hydrogen-bond acceptors (Lipinski definition) is 2. The van der Waals surface area contributed by atoms with E-state index in [1.165, 1.54) is 44.2 Å². The Morgan fingerprint density at radius 3 is 2.10 bits per heavy atom. The van der Waals surface area contributed by atoms with E-state index in [0.717, 1.165) is 55.7 Å². The standard InChI is InChI=1S/C26H43N3O2/c1-4-7-8-9-10-11-12-13-15-25(30)27-23-17-19-24(20-18-23)29(5-2,6-3)22-28-21-14-16-26(28)31/h17-20H,4-16,21-22H2,1-3H3/p+1. The number of amides is 2. The topological polar surface area (TPSA) is 49.4 Å². The van der Waals surface area contributed by atoms with Crippen LogP contribution < -0.4 is 9.80 Å². The first-order chi connectivity index (χ1) is 15.0. The highest BCUT2D eigenvalue weighted by atomic mass is 16.2. The third-order valence-electron chi connectivity index (χ3n) is 6.78. The quantitative estimate of drug-likeness (QED) is 0.271. The predicted octanol–water partition coefficient (Wildman–Crippen LogP) is 6.08. The average molecular weight is 431 g/mol. The van der Waals surface area contributed by atoms with Gasteiger partial charge >= 0.3 is 0 Å². The van der Waals surface area contributed by atoms with E-state index in [1.54, 1.807) is 0 Å². The van der Waals surface area contributed by atoms with E-state index in [9.17, 15) is 9.59 Å². The van der Waals surface area contributed by atoms with E-state index >= 15 is 0 Å². The van der Waals surface area contributed by atoms with Crippen LogP contribution in [0.1, 0.15) is 91.4 Å². The molecule has 1 N–H and O–H groups in total. The van der Waals surface area contributed by atoms with Crippen LogP contribution in [0.15, 0.2) is 24.3 Å². The van der Waals surface area contributed by atoms with Gasteiger partial charge in [-0.2, -0.15) is 0 Å². The second-order valence-corrected chi connectivity index (χ2v) is 9.00. The fourth-order valence-electron chi connectivity index (χ4n) is 4.55. The van der Waals surface area contributed by atoms with Gasteiger partial charge in [-0.25, -0.2) is 0 Å². The lowest BCUT2D eigenvalue weighted by Crippen LogP contribution is -2.55. The van der Waals surface area contributed by atoms with E-state index in [1.807, 2.05) is 17.0 Å². The van der Waals surface area contributed by atoms with Crippen LogP contribution in [-0.4, -0.2) is 43.0 Å². The number of benzene rings is 1. The lowest BCUT2D eigenvalue weighted by molar-refractivity contribution is -0.129. The zero-order valence-corrected chi connectivity index (χ0v) is 20.1. The number of likely N-dealkylation sites (tertiary alicyclic amines) is 1. The summed E-state index contributed by atoms with van der Waals surface area (Å²) in [7, 11) is 0. The summed E-state index contributed by atoms with van der Waals surface area (Å²) in [5.41, 5.74) is 2.06. The third-order valence-corrected chi connectivity index (χ3v) is 6.78. The highest BCUT2D eigenvalue weighted by Gasteiger charge is 2.33. The van der Waals surface area contributed by atoms with Crippen molar-refractivity contribution in [2.24, 2.45) is 0 Å². The number of carbonyl (C=O) groups excluding carboxylic acids is 2. The van der Waals surface area contributed by atoms with Crippen molar-refractivity contribution < 1.29 is 9.59 Å². The molecule has 174 valence electrons. The first kappa shape index (κ1) is 25.4. The molecule has 0 unspecified atom stereocenters. The second kappa shape index (κ2) is 13.5. The molecule has 1 heterocycles. The number of carbonyl (C=O) groups is 2. The molecule has 0 aromatic heterocycles. The van der Waals surface area contributed by atoms with Crippen molar-refractivity contribution in [1.29, 1.82) is 0 Å². The monoisotopic (exact) mass is 430 g/mol. The summed E-state index contributed by atoms with van der Waals surface area (Å²) in [6, 6.07) is 8.23. The second-order valence-electron chi connectivity index (χ2n) is 9.00. The molecule has 1 fully saturated rings. The van der Waals surface area contributed by atoms with Crippen LogP contribution in [-0.2, 0) is 9.59 Å². The molecule has 0 spiro atoms. The Labute approximate surface area is 189 Å². The summed E-state index contributed by atoms with van der Waals surface area (Å²) >= 11 is 0. The van der Waals surface area contributed by atoms with Crippen molar-refractivity contribution in [3.8, 4) is 0 Å². The average Bonchev–Trinajstić information content (AvgIpc) is 3.18. The predicted molar refractivity (Wildman–Crippen MR) is 131 cm³/mol. The van der Waals surface area contributed by atoms with Crippen molar-refractivity contribution in [3.05, 3.63) is 24.3 Å². The minimum atomic E-state index is 0.105. The molecule has 31 heavy (non-hydrogen) atoms. The molecule has 5 nitrogen and oxygen atoms in total. The highest BCUT2D eigenvalue weighted by molar-refractivity contribution is 5.90. The maximum Gasteiger partial charge on any atom is 0.226 e. The summed E-state index contributed by atoms with van der Waals surface area (Å²) < 4.78 is 0.762. The minimum Gasteiger partial charge on any atom is -0.326 e. The number of rotatable bonds is 15. The van der Waals surface area contributed by atoms with Crippen LogP contribution in [0.5, 0.6) is 0 Å². The largest absolute Gasteiger partial charge is 0.326 e. The molecule has 0 saturated carbocycles. The van der Waals surface area contributed by atoms with Gasteiger partial charge in [-0.3, -0.25) is 19.0 Å². The van der Waals surface area contributed by atoms with Crippen LogP contribution in [0.4, 0.5) is 11.4 Å². The van der Waals surface area contributed by atoms with Crippen molar-refractivity contribution in [2.45, 2.75) is 91.4 Å². The summed E-state index contributed by atoms with van der Waals surface area (Å²) in [4.78, 5) is 26.4. The van der Waals surface area contributed by atoms with E-state index in [2.05, 4.69) is 38.2 Å². The Balaban J connectivity index is 1.80. The zero-order valence-electron chi connectivity index (χ0n) is 20.1. The molecule has 5 heteroatoms. The van der Waals surface area contributed by atoms with Crippen molar-refractivity contribution in [3.63, 3.8) is 0 Å². The van der Waals surface area contributed by atoms with E-state index in [-0.39, 0.29) is 11.8 Å². The summed E-state index contributed by atoms with van der Waals surface area (Å²) in [5.74, 6) is 0.377. The van der Waals surface area contributed by atoms with Crippen LogP contribution in [0.25, 0.3) is 0 Å². The van der Waals surface area contributed by atoms with Gasteiger partial charge in [0, 0.05) is 37.2 Å². The summed E-state index contributed by atoms with van der Waals surface area (Å²) in [6.45, 7) is 10.1. The fourth-order valence-corrected chi connectivity index (χ4v) is 4.55. The minimum absolute atomic E-state index is 0.105. The maximum absolute atomic E-state index is 12.3. The smallest absolute Gasteiger partial charge is 0.226 e. The van der Waals surface area contributed by atoms with Gasteiger partial charge in [-0.15, -0.1) is 0 Å². The molecule has 1 aliphatic rings. The van der Waals surface area contributed by atoms with Crippen molar-refractivity contribution >= 4 is 23.2 Å². The van der Waals surface area contributed by atoms with Crippen molar-refractivity contribution in [1.82, 2.24) is 9.38 Å². The molecule has 1 saturated heterocycles. The SMILES string of the molecule is CCCCCCCCCCC(=O)Nc1ccc([N+](CC)(CC)CN2CCCC2=O)cc1. The molecular formula is C26H44N3O2+. The molecular weight excluding hydrogens is 386 g/mol. The zero-order chi connectivity index (χ0) is 22.5. The van der Waals surface area contributed by atoms with Gasteiger partial charge in [0.05, 0.1) is 13.1 Å². The number of unbranched alkanes of at least 4 members (excludes halogenated alkanes) is 7. The van der Waals surface area contributed by atoms with Gasteiger partial charge in [0.25, 0.3) is 0 Å². The van der Waals surface area contributed by atoms with Gasteiger partial charge < -0.3 is 5.32 Å². The molecule has 2 rings (SSSR count). The Bertz CT molecular complexity index is 668. The molecule has 1 aliphatic heterocycles. The molecule has 0 radical (unpaired) electrons. The van der Waals surface area contributed by atoms with Crippen LogP contribution >= 0.6 is 0 Å². The first-order valence-electron chi connectivity index (χ1n) is 12.6. The molecule has 0 atom stereocenters. The molecule has 1 aromatic rings. The Kier molecular flexibility index (Phi) is 11.1.